The number of aromatic carboxylic acids is 1. The quantitative estimate of drug-likeness (QED) is 0.772. The summed E-state index contributed by atoms with van der Waals surface area (Å²) in [5, 5.41) is 18.9. The highest BCUT2D eigenvalue weighted by atomic mass is 19.4. The molecule has 168 valence electrons. The topological polar surface area (TPSA) is 95.6 Å². The van der Waals surface area contributed by atoms with E-state index in [1.54, 1.807) is 6.92 Å². The second kappa shape index (κ2) is 7.29. The van der Waals surface area contributed by atoms with Crippen LogP contribution < -0.4 is 4.74 Å². The van der Waals surface area contributed by atoms with Crippen molar-refractivity contribution in [3.63, 3.8) is 0 Å². The third-order valence-corrected chi connectivity index (χ3v) is 6.21. The summed E-state index contributed by atoms with van der Waals surface area (Å²) >= 11 is 0. The molecule has 7 nitrogen and oxygen atoms in total. The number of halogens is 3. The van der Waals surface area contributed by atoms with Crippen molar-refractivity contribution in [2.75, 3.05) is 13.7 Å². The molecule has 1 aromatic carbocycles. The Morgan fingerprint density at radius 1 is 1.28 bits per heavy atom. The second-order valence-electron chi connectivity index (χ2n) is 8.20. The van der Waals surface area contributed by atoms with Crippen LogP contribution in [-0.4, -0.2) is 51.8 Å². The van der Waals surface area contributed by atoms with Gasteiger partial charge in [0.15, 0.2) is 0 Å². The molecule has 3 heterocycles. The number of carboxylic acid groups (broad SMARTS) is 1. The predicted octanol–water partition coefficient (Wildman–Crippen LogP) is 3.65. The zero-order valence-electron chi connectivity index (χ0n) is 17.4. The highest BCUT2D eigenvalue weighted by molar-refractivity contribution is 5.97. The lowest BCUT2D eigenvalue weighted by Gasteiger charge is -2.45. The SMILES string of the molecule is COc1cc2c(cc1C(=O)O)-c1c(CC(F)(F)F)cc(C(=O)N3CC[C@]3(C)C#N)n1CC2. The van der Waals surface area contributed by atoms with Gasteiger partial charge in [-0.25, -0.2) is 4.79 Å². The van der Waals surface area contributed by atoms with E-state index in [1.807, 2.05) is 0 Å². The van der Waals surface area contributed by atoms with Gasteiger partial charge >= 0.3 is 12.1 Å². The zero-order chi connectivity index (χ0) is 23.4. The van der Waals surface area contributed by atoms with Gasteiger partial charge in [-0.2, -0.15) is 18.4 Å². The number of nitriles is 1. The molecule has 0 spiro atoms. The van der Waals surface area contributed by atoms with E-state index in [2.05, 4.69) is 6.07 Å². The van der Waals surface area contributed by atoms with Gasteiger partial charge in [-0.05, 0) is 42.7 Å². The van der Waals surface area contributed by atoms with Crippen LogP contribution in [0.25, 0.3) is 11.3 Å². The van der Waals surface area contributed by atoms with Crippen molar-refractivity contribution in [1.82, 2.24) is 9.47 Å². The van der Waals surface area contributed by atoms with E-state index >= 15 is 0 Å². The number of alkyl halides is 3. The maximum Gasteiger partial charge on any atom is 0.393 e. The van der Waals surface area contributed by atoms with Gasteiger partial charge in [-0.15, -0.1) is 0 Å². The first-order chi connectivity index (χ1) is 15.0. The molecule has 2 aliphatic rings. The number of rotatable bonds is 4. The maximum absolute atomic E-state index is 13.4. The number of ether oxygens (including phenoxy) is 1. The molecular formula is C22H20F3N3O4. The summed E-state index contributed by atoms with van der Waals surface area (Å²) in [7, 11) is 1.32. The van der Waals surface area contributed by atoms with Crippen LogP contribution >= 0.6 is 0 Å². The molecule has 2 aliphatic heterocycles. The molecule has 32 heavy (non-hydrogen) atoms. The van der Waals surface area contributed by atoms with Crippen LogP contribution in [0.3, 0.4) is 0 Å². The average Bonchev–Trinajstić information content (AvgIpc) is 3.08. The molecular weight excluding hydrogens is 427 g/mol. The molecule has 0 bridgehead atoms. The lowest BCUT2D eigenvalue weighted by Crippen LogP contribution is -2.59. The van der Waals surface area contributed by atoms with Crippen molar-refractivity contribution < 1.29 is 32.6 Å². The van der Waals surface area contributed by atoms with Crippen LogP contribution in [0.2, 0.25) is 0 Å². The number of nitrogens with zero attached hydrogens (tertiary/aromatic N) is 3. The highest BCUT2D eigenvalue weighted by Gasteiger charge is 2.45. The molecule has 1 amide bonds. The van der Waals surface area contributed by atoms with Crippen molar-refractivity contribution in [2.45, 2.75) is 44.4 Å². The molecule has 0 saturated carbocycles. The van der Waals surface area contributed by atoms with Crippen molar-refractivity contribution in [3.05, 3.63) is 40.6 Å². The van der Waals surface area contributed by atoms with Gasteiger partial charge in [-0.3, -0.25) is 4.79 Å². The number of methoxy groups -OCH3 is 1. The lowest BCUT2D eigenvalue weighted by molar-refractivity contribution is -0.127. The monoisotopic (exact) mass is 447 g/mol. The average molecular weight is 447 g/mol. The number of carbonyl (C=O) groups excluding carboxylic acids is 1. The smallest absolute Gasteiger partial charge is 0.393 e. The lowest BCUT2D eigenvalue weighted by atomic mass is 9.88. The van der Waals surface area contributed by atoms with Crippen LogP contribution in [0.1, 0.15) is 45.3 Å². The standard InChI is InChI=1S/C22H20F3N3O4/c1-21(11-26)4-6-28(21)19(29)16-7-13(10-22(23,24)25)18-14-9-15(20(30)31)17(32-2)8-12(14)3-5-27(16)18/h7-9H,3-6,10H2,1-2H3,(H,30,31)/t21-/m1/s1. The van der Waals surface area contributed by atoms with Gasteiger partial charge in [0.1, 0.15) is 22.5 Å². The molecule has 1 fully saturated rings. The van der Waals surface area contributed by atoms with Gasteiger partial charge < -0.3 is 19.3 Å². The number of carboxylic acids is 1. The van der Waals surface area contributed by atoms with Crippen molar-refractivity contribution in [1.29, 1.82) is 5.26 Å². The minimum Gasteiger partial charge on any atom is -0.496 e. The van der Waals surface area contributed by atoms with Crippen molar-refractivity contribution in [3.8, 4) is 23.1 Å². The molecule has 10 heteroatoms. The number of hydrogen-bond donors (Lipinski definition) is 1. The summed E-state index contributed by atoms with van der Waals surface area (Å²) in [5.41, 5.74) is -0.0586. The molecule has 0 unspecified atom stereocenters. The van der Waals surface area contributed by atoms with Crippen LogP contribution in [0, 0.1) is 11.3 Å². The number of aromatic nitrogens is 1. The minimum atomic E-state index is -4.53. The number of aryl methyl sites for hydroxylation is 1. The van der Waals surface area contributed by atoms with E-state index in [0.29, 0.717) is 30.5 Å². The number of likely N-dealkylation sites (tertiary alicyclic amines) is 1. The Morgan fingerprint density at radius 3 is 2.53 bits per heavy atom. The number of hydrogen-bond acceptors (Lipinski definition) is 4. The Morgan fingerprint density at radius 2 is 2.00 bits per heavy atom. The largest absolute Gasteiger partial charge is 0.496 e. The molecule has 4 rings (SSSR count). The molecule has 0 aliphatic carbocycles. The predicted molar refractivity (Wildman–Crippen MR) is 107 cm³/mol. The molecule has 0 radical (unpaired) electrons. The van der Waals surface area contributed by atoms with Gasteiger partial charge in [0, 0.05) is 25.1 Å². The molecule has 1 atom stereocenters. The Balaban J connectivity index is 1.90. The normalized spacial score (nSPS) is 19.4. The van der Waals surface area contributed by atoms with E-state index < -0.39 is 30.0 Å². The highest BCUT2D eigenvalue weighted by Crippen LogP contribution is 2.41. The van der Waals surface area contributed by atoms with Crippen LogP contribution in [0.15, 0.2) is 18.2 Å². The van der Waals surface area contributed by atoms with Crippen LogP contribution in [0.5, 0.6) is 5.75 Å². The zero-order valence-corrected chi connectivity index (χ0v) is 17.4. The minimum absolute atomic E-state index is 0.0683. The van der Waals surface area contributed by atoms with Crippen LogP contribution in [0.4, 0.5) is 13.2 Å². The third-order valence-electron chi connectivity index (χ3n) is 6.21. The first-order valence-corrected chi connectivity index (χ1v) is 9.96. The third kappa shape index (κ3) is 3.38. The summed E-state index contributed by atoms with van der Waals surface area (Å²) in [6.45, 7) is 2.20. The fourth-order valence-corrected chi connectivity index (χ4v) is 4.44. The summed E-state index contributed by atoms with van der Waals surface area (Å²) in [5.74, 6) is -1.66. The number of amides is 1. The van der Waals surface area contributed by atoms with Gasteiger partial charge in [0.2, 0.25) is 0 Å². The molecule has 2 aromatic rings. The van der Waals surface area contributed by atoms with E-state index in [4.69, 9.17) is 4.74 Å². The van der Waals surface area contributed by atoms with Gasteiger partial charge in [0.25, 0.3) is 5.91 Å². The summed E-state index contributed by atoms with van der Waals surface area (Å²) < 4.78 is 46.8. The fraction of sp³-hybridized carbons (Fsp3) is 0.409. The first-order valence-electron chi connectivity index (χ1n) is 9.96. The maximum atomic E-state index is 13.4. The fourth-order valence-electron chi connectivity index (χ4n) is 4.44. The van der Waals surface area contributed by atoms with Gasteiger partial charge in [-0.1, -0.05) is 0 Å². The first kappa shape index (κ1) is 21.7. The number of fused-ring (bicyclic) bond motifs is 3. The Bertz CT molecular complexity index is 1180. The van der Waals surface area contributed by atoms with E-state index in [9.17, 15) is 33.1 Å². The summed E-state index contributed by atoms with van der Waals surface area (Å²) in [6, 6.07) is 6.14. The Hall–Kier alpha value is -3.48. The van der Waals surface area contributed by atoms with Crippen molar-refractivity contribution in [2.24, 2.45) is 0 Å². The van der Waals surface area contributed by atoms with Crippen molar-refractivity contribution >= 4 is 11.9 Å². The van der Waals surface area contributed by atoms with E-state index in [1.165, 1.54) is 34.8 Å². The van der Waals surface area contributed by atoms with E-state index in [-0.39, 0.29) is 34.8 Å². The van der Waals surface area contributed by atoms with E-state index in [0.717, 1.165) is 0 Å². The van der Waals surface area contributed by atoms with Gasteiger partial charge in [0.05, 0.1) is 25.3 Å². The molecule has 1 N–H and O–H groups in total. The number of benzene rings is 1. The molecule has 1 aromatic heterocycles. The Kier molecular flexibility index (Phi) is 4.95. The molecule has 1 saturated heterocycles. The van der Waals surface area contributed by atoms with Crippen LogP contribution in [-0.2, 0) is 19.4 Å². The summed E-state index contributed by atoms with van der Waals surface area (Å²) in [4.78, 5) is 26.2. The second-order valence-corrected chi connectivity index (χ2v) is 8.20. The number of carbonyl (C=O) groups is 2. The Labute approximate surface area is 181 Å². The summed E-state index contributed by atoms with van der Waals surface area (Å²) in [6.07, 6.45) is -4.92.